The summed E-state index contributed by atoms with van der Waals surface area (Å²) in [5.41, 5.74) is 9.77. The summed E-state index contributed by atoms with van der Waals surface area (Å²) >= 11 is 1.64. The molecule has 0 radical (unpaired) electrons. The van der Waals surface area contributed by atoms with Gasteiger partial charge >= 0.3 is 0 Å². The second kappa shape index (κ2) is 8.05. The Kier molecular flexibility index (Phi) is 5.76. The molecule has 2 aromatic carbocycles. The molecular formula is C23H27N3S. The van der Waals surface area contributed by atoms with Gasteiger partial charge in [-0.25, -0.2) is 4.68 Å². The molecule has 0 fully saturated rings. The van der Waals surface area contributed by atoms with Gasteiger partial charge in [-0.15, -0.1) is 11.3 Å². The Morgan fingerprint density at radius 1 is 0.926 bits per heavy atom. The molecule has 0 unspecified atom stereocenters. The van der Waals surface area contributed by atoms with Crippen LogP contribution in [0.15, 0.2) is 45.8 Å². The van der Waals surface area contributed by atoms with Crippen molar-refractivity contribution in [1.29, 1.82) is 0 Å². The van der Waals surface area contributed by atoms with Gasteiger partial charge in [0.2, 0.25) is 4.80 Å². The van der Waals surface area contributed by atoms with Crippen molar-refractivity contribution in [3.05, 3.63) is 73.9 Å². The minimum absolute atomic E-state index is 0.741. The van der Waals surface area contributed by atoms with Gasteiger partial charge in [0.05, 0.1) is 11.9 Å². The molecule has 0 aliphatic carbocycles. The highest BCUT2D eigenvalue weighted by molar-refractivity contribution is 7.07. The van der Waals surface area contributed by atoms with Crippen LogP contribution in [0, 0.1) is 34.6 Å². The molecule has 0 spiro atoms. The minimum Gasteiger partial charge on any atom is -0.258 e. The van der Waals surface area contributed by atoms with Crippen molar-refractivity contribution >= 4 is 17.6 Å². The van der Waals surface area contributed by atoms with E-state index in [1.165, 1.54) is 33.4 Å². The summed E-state index contributed by atoms with van der Waals surface area (Å²) in [4.78, 5) is 5.57. The lowest BCUT2D eigenvalue weighted by Crippen LogP contribution is -2.13. The first-order valence-electron chi connectivity index (χ1n) is 9.31. The lowest BCUT2D eigenvalue weighted by Gasteiger charge is -2.10. The van der Waals surface area contributed by atoms with Crippen LogP contribution in [0.1, 0.15) is 40.3 Å². The first kappa shape index (κ1) is 19.3. The summed E-state index contributed by atoms with van der Waals surface area (Å²) < 4.78 is 1.98. The van der Waals surface area contributed by atoms with E-state index >= 15 is 0 Å². The molecule has 3 aromatic rings. The molecule has 1 heterocycles. The number of rotatable bonds is 4. The molecular weight excluding hydrogens is 350 g/mol. The maximum Gasteiger partial charge on any atom is 0.206 e. The Hall–Kier alpha value is -2.46. The highest BCUT2D eigenvalue weighted by atomic mass is 32.1. The number of aryl methyl sites for hydroxylation is 5. The van der Waals surface area contributed by atoms with Crippen LogP contribution in [0.4, 0.5) is 0 Å². The summed E-state index contributed by atoms with van der Waals surface area (Å²) in [5, 5.41) is 6.99. The first-order chi connectivity index (χ1) is 12.9. The van der Waals surface area contributed by atoms with E-state index in [1.807, 2.05) is 10.9 Å². The maximum absolute atomic E-state index is 4.83. The number of hydrogen-bond acceptors (Lipinski definition) is 3. The van der Waals surface area contributed by atoms with E-state index in [1.54, 1.807) is 11.3 Å². The van der Waals surface area contributed by atoms with E-state index in [2.05, 4.69) is 82.2 Å². The number of aromatic nitrogens is 1. The highest BCUT2D eigenvalue weighted by Crippen LogP contribution is 2.27. The Labute approximate surface area is 165 Å². The van der Waals surface area contributed by atoms with Gasteiger partial charge in [0.15, 0.2) is 0 Å². The van der Waals surface area contributed by atoms with Crippen molar-refractivity contribution in [2.24, 2.45) is 10.1 Å². The molecule has 0 atom stereocenters. The quantitative estimate of drug-likeness (QED) is 0.533. The molecule has 3 rings (SSSR count). The van der Waals surface area contributed by atoms with E-state index in [-0.39, 0.29) is 0 Å². The van der Waals surface area contributed by atoms with Gasteiger partial charge in [-0.1, -0.05) is 29.8 Å². The number of thiazole rings is 1. The maximum atomic E-state index is 4.83. The summed E-state index contributed by atoms with van der Waals surface area (Å²) in [7, 11) is 0. The second-order valence-corrected chi connectivity index (χ2v) is 7.88. The van der Waals surface area contributed by atoms with Gasteiger partial charge in [0.1, 0.15) is 0 Å². The highest BCUT2D eigenvalue weighted by Gasteiger charge is 2.11. The van der Waals surface area contributed by atoms with E-state index in [4.69, 9.17) is 5.10 Å². The summed E-state index contributed by atoms with van der Waals surface area (Å²) in [6.45, 7) is 13.5. The van der Waals surface area contributed by atoms with Crippen molar-refractivity contribution in [3.8, 4) is 11.3 Å². The fourth-order valence-corrected chi connectivity index (χ4v) is 3.99. The molecule has 0 saturated carbocycles. The zero-order valence-corrected chi connectivity index (χ0v) is 17.8. The molecule has 27 heavy (non-hydrogen) atoms. The molecule has 0 aliphatic heterocycles. The molecule has 0 amide bonds. The normalized spacial score (nSPS) is 12.3. The molecule has 0 saturated heterocycles. The largest absolute Gasteiger partial charge is 0.258 e. The molecule has 4 heteroatoms. The average Bonchev–Trinajstić information content (AvgIpc) is 3.02. The van der Waals surface area contributed by atoms with Crippen LogP contribution in [0.25, 0.3) is 11.3 Å². The lowest BCUT2D eigenvalue weighted by atomic mass is 9.99. The molecule has 0 bridgehead atoms. The van der Waals surface area contributed by atoms with Gasteiger partial charge in [-0.3, -0.25) is 4.99 Å². The smallest absolute Gasteiger partial charge is 0.206 e. The fourth-order valence-electron chi connectivity index (χ4n) is 3.10. The summed E-state index contributed by atoms with van der Waals surface area (Å²) in [6.07, 6.45) is 1.95. The number of hydrogen-bond donors (Lipinski definition) is 0. The van der Waals surface area contributed by atoms with Crippen molar-refractivity contribution in [2.45, 2.75) is 41.5 Å². The molecule has 1 aromatic heterocycles. The fraction of sp³-hybridized carbons (Fsp3) is 0.304. The van der Waals surface area contributed by atoms with Gasteiger partial charge in [0, 0.05) is 17.5 Å². The van der Waals surface area contributed by atoms with Gasteiger partial charge in [-0.05, 0) is 75.4 Å². The van der Waals surface area contributed by atoms with Gasteiger partial charge in [-0.2, -0.15) is 5.10 Å². The number of nitrogens with zero attached hydrogens (tertiary/aromatic N) is 3. The zero-order chi connectivity index (χ0) is 19.6. The van der Waals surface area contributed by atoms with E-state index in [9.17, 15) is 0 Å². The van der Waals surface area contributed by atoms with E-state index in [0.29, 0.717) is 0 Å². The van der Waals surface area contributed by atoms with Crippen molar-refractivity contribution in [2.75, 3.05) is 6.54 Å². The van der Waals surface area contributed by atoms with Crippen LogP contribution in [-0.4, -0.2) is 17.4 Å². The van der Waals surface area contributed by atoms with Crippen LogP contribution in [0.5, 0.6) is 0 Å². The lowest BCUT2D eigenvalue weighted by molar-refractivity contribution is 0.832. The minimum atomic E-state index is 0.741. The third-order valence-electron chi connectivity index (χ3n) is 4.84. The van der Waals surface area contributed by atoms with Crippen LogP contribution >= 0.6 is 11.3 Å². The van der Waals surface area contributed by atoms with Crippen molar-refractivity contribution < 1.29 is 0 Å². The average molecular weight is 378 g/mol. The van der Waals surface area contributed by atoms with Crippen LogP contribution in [0.2, 0.25) is 0 Å². The predicted octanol–water partition coefficient (Wildman–Crippen LogP) is 5.56. The summed E-state index contributed by atoms with van der Waals surface area (Å²) in [6, 6.07) is 10.9. The van der Waals surface area contributed by atoms with E-state index < -0.39 is 0 Å². The Morgan fingerprint density at radius 2 is 1.67 bits per heavy atom. The third kappa shape index (κ3) is 4.11. The Bertz CT molecular complexity index is 1070. The van der Waals surface area contributed by atoms with Crippen molar-refractivity contribution in [3.63, 3.8) is 0 Å². The predicted molar refractivity (Wildman–Crippen MR) is 117 cm³/mol. The van der Waals surface area contributed by atoms with Crippen LogP contribution < -0.4 is 4.80 Å². The topological polar surface area (TPSA) is 29.6 Å². The van der Waals surface area contributed by atoms with Gasteiger partial charge in [0.25, 0.3) is 0 Å². The molecule has 140 valence electrons. The van der Waals surface area contributed by atoms with Crippen molar-refractivity contribution in [1.82, 2.24) is 4.68 Å². The van der Waals surface area contributed by atoms with Crippen LogP contribution in [0.3, 0.4) is 0 Å². The SMILES string of the molecule is CCN=c1scc(-c2cc(C)c(C)cc2C)n1N=Cc1cc(C)ccc1C. The van der Waals surface area contributed by atoms with Crippen LogP contribution in [-0.2, 0) is 0 Å². The molecule has 0 aliphatic rings. The standard InChI is InChI=1S/C23H27N3S/c1-7-24-23-26(25-13-20-10-15(2)8-9-16(20)3)22(14-27-23)21-12-18(5)17(4)11-19(21)6/h8-14H,7H2,1-6H3. The molecule has 0 N–H and O–H groups in total. The Balaban J connectivity index is 2.16. The summed E-state index contributed by atoms with van der Waals surface area (Å²) in [5.74, 6) is 0. The monoisotopic (exact) mass is 377 g/mol. The second-order valence-electron chi connectivity index (χ2n) is 7.05. The van der Waals surface area contributed by atoms with Gasteiger partial charge < -0.3 is 0 Å². The Morgan fingerprint density at radius 3 is 2.41 bits per heavy atom. The number of benzene rings is 2. The molecule has 3 nitrogen and oxygen atoms in total. The zero-order valence-electron chi connectivity index (χ0n) is 17.0. The first-order valence-corrected chi connectivity index (χ1v) is 10.2. The third-order valence-corrected chi connectivity index (χ3v) is 5.70. The van der Waals surface area contributed by atoms with E-state index in [0.717, 1.165) is 22.6 Å².